The Labute approximate surface area is 191 Å². The van der Waals surface area contributed by atoms with Crippen LogP contribution in [0.15, 0.2) is 60.8 Å². The number of benzene rings is 2. The second-order valence-corrected chi connectivity index (χ2v) is 8.51. The molecular formula is C26H30BN3O2. The zero-order valence-electron chi connectivity index (χ0n) is 18.9. The Morgan fingerprint density at radius 2 is 1.75 bits per heavy atom. The minimum absolute atomic E-state index is 0.00774. The van der Waals surface area contributed by atoms with Crippen molar-refractivity contribution in [2.45, 2.75) is 32.3 Å². The van der Waals surface area contributed by atoms with Gasteiger partial charge in [0.05, 0.1) is 5.52 Å². The lowest BCUT2D eigenvalue weighted by molar-refractivity contribution is -0.00411. The van der Waals surface area contributed by atoms with Crippen molar-refractivity contribution in [2.75, 3.05) is 26.2 Å². The third-order valence-electron chi connectivity index (χ3n) is 6.79. The fourth-order valence-corrected chi connectivity index (χ4v) is 4.90. The summed E-state index contributed by atoms with van der Waals surface area (Å²) in [6.07, 6.45) is 3.31. The number of pyridine rings is 1. The van der Waals surface area contributed by atoms with Crippen molar-refractivity contribution in [3.63, 3.8) is 0 Å². The van der Waals surface area contributed by atoms with E-state index in [1.807, 2.05) is 73.3 Å². The van der Waals surface area contributed by atoms with Crippen LogP contribution in [0.25, 0.3) is 10.9 Å². The van der Waals surface area contributed by atoms with Crippen molar-refractivity contribution in [1.29, 1.82) is 0 Å². The van der Waals surface area contributed by atoms with Crippen molar-refractivity contribution in [2.24, 2.45) is 5.92 Å². The quantitative estimate of drug-likeness (QED) is 0.609. The number of carbonyl (C=O) groups is 1. The van der Waals surface area contributed by atoms with E-state index in [-0.39, 0.29) is 11.8 Å². The maximum absolute atomic E-state index is 12.8. The highest BCUT2D eigenvalue weighted by molar-refractivity contribution is 6.04. The van der Waals surface area contributed by atoms with Crippen LogP contribution in [-0.2, 0) is 5.60 Å². The Bertz CT molecular complexity index is 1070. The second kappa shape index (κ2) is 9.43. The summed E-state index contributed by atoms with van der Waals surface area (Å²) < 4.78 is 0. The molecule has 164 valence electrons. The van der Waals surface area contributed by atoms with Gasteiger partial charge in [-0.25, -0.2) is 0 Å². The van der Waals surface area contributed by atoms with E-state index in [0.717, 1.165) is 48.0 Å². The summed E-state index contributed by atoms with van der Waals surface area (Å²) in [6, 6.07) is 17.3. The molecule has 5 nitrogen and oxygen atoms in total. The van der Waals surface area contributed by atoms with Crippen molar-refractivity contribution < 1.29 is 9.90 Å². The summed E-state index contributed by atoms with van der Waals surface area (Å²) in [7, 11) is 6.01. The highest BCUT2D eigenvalue weighted by atomic mass is 16.3. The number of carbonyl (C=O) groups excluding carboxylic acids is 1. The van der Waals surface area contributed by atoms with Crippen LogP contribution in [0.1, 0.15) is 48.2 Å². The minimum Gasteiger partial charge on any atom is -0.380 e. The summed E-state index contributed by atoms with van der Waals surface area (Å²) in [5.74, 6) is -0.00685. The predicted octanol–water partition coefficient (Wildman–Crippen LogP) is 3.75. The monoisotopic (exact) mass is 427 g/mol. The van der Waals surface area contributed by atoms with E-state index in [0.29, 0.717) is 18.7 Å². The summed E-state index contributed by atoms with van der Waals surface area (Å²) in [5, 5.41) is 13.4. The molecule has 1 amide bonds. The molecule has 1 saturated heterocycles. The number of hydrogen-bond acceptors (Lipinski definition) is 4. The standard InChI is InChI=1S/C26H30BN3O2/c1-3-29(4-2)25(31)20-10-12-21(13-11-20)26(32,22-14-17-30(27)18-15-22)23-9-5-7-19-8-6-16-28-24(19)23/h5-13,16,22,32H,3-4,14-15,17-18H2,1-2H3. The van der Waals surface area contributed by atoms with Crippen LogP contribution in [-0.4, -0.2) is 59.9 Å². The number of aliphatic hydroxyl groups is 1. The van der Waals surface area contributed by atoms with E-state index in [1.54, 1.807) is 11.1 Å². The molecule has 1 aliphatic heterocycles. The Morgan fingerprint density at radius 3 is 2.41 bits per heavy atom. The van der Waals surface area contributed by atoms with Gasteiger partial charge in [-0.2, -0.15) is 0 Å². The molecule has 2 heterocycles. The molecule has 1 unspecified atom stereocenters. The first-order chi connectivity index (χ1) is 15.5. The zero-order valence-corrected chi connectivity index (χ0v) is 18.9. The van der Waals surface area contributed by atoms with Gasteiger partial charge in [0.2, 0.25) is 0 Å². The van der Waals surface area contributed by atoms with E-state index in [2.05, 4.69) is 4.98 Å². The lowest BCUT2D eigenvalue weighted by atomic mass is 9.71. The van der Waals surface area contributed by atoms with E-state index in [4.69, 9.17) is 7.98 Å². The van der Waals surface area contributed by atoms with Gasteiger partial charge >= 0.3 is 0 Å². The molecule has 0 saturated carbocycles. The third kappa shape index (κ3) is 4.05. The SMILES string of the molecule is [B]N1CCC(C(O)(c2ccc(C(=O)N(CC)CC)cc2)c2cccc3cccnc23)CC1. The van der Waals surface area contributed by atoms with Gasteiger partial charge < -0.3 is 14.8 Å². The number of para-hydroxylation sites is 1. The fourth-order valence-electron chi connectivity index (χ4n) is 4.90. The first-order valence-electron chi connectivity index (χ1n) is 11.4. The predicted molar refractivity (Wildman–Crippen MR) is 128 cm³/mol. The molecular weight excluding hydrogens is 397 g/mol. The van der Waals surface area contributed by atoms with Gasteiger partial charge in [-0.05, 0) is 69.5 Å². The first-order valence-corrected chi connectivity index (χ1v) is 11.4. The van der Waals surface area contributed by atoms with E-state index in [1.165, 1.54) is 0 Å². The van der Waals surface area contributed by atoms with Gasteiger partial charge in [0.25, 0.3) is 5.91 Å². The van der Waals surface area contributed by atoms with Crippen molar-refractivity contribution in [1.82, 2.24) is 14.7 Å². The zero-order chi connectivity index (χ0) is 22.7. The molecule has 0 bridgehead atoms. The number of nitrogens with zero attached hydrogens (tertiary/aromatic N) is 3. The van der Waals surface area contributed by atoms with E-state index < -0.39 is 5.60 Å². The number of amides is 1. The van der Waals surface area contributed by atoms with Crippen LogP contribution in [0, 0.1) is 5.92 Å². The normalized spacial score (nSPS) is 17.2. The minimum atomic E-state index is -1.23. The first kappa shape index (κ1) is 22.5. The largest absolute Gasteiger partial charge is 0.380 e. The number of rotatable bonds is 6. The lowest BCUT2D eigenvalue weighted by Gasteiger charge is -2.42. The molecule has 0 aliphatic carbocycles. The third-order valence-corrected chi connectivity index (χ3v) is 6.79. The van der Waals surface area contributed by atoms with Crippen LogP contribution in [0.2, 0.25) is 0 Å². The maximum atomic E-state index is 12.8. The molecule has 0 spiro atoms. The number of hydrogen-bond donors (Lipinski definition) is 1. The molecule has 2 aromatic carbocycles. The summed E-state index contributed by atoms with van der Waals surface area (Å²) in [4.78, 5) is 21.0. The Kier molecular flexibility index (Phi) is 6.63. The highest BCUT2D eigenvalue weighted by Crippen LogP contribution is 2.44. The molecule has 2 radical (unpaired) electrons. The van der Waals surface area contributed by atoms with E-state index in [9.17, 15) is 9.90 Å². The fraction of sp³-hybridized carbons (Fsp3) is 0.385. The van der Waals surface area contributed by atoms with Crippen LogP contribution in [0.5, 0.6) is 0 Å². The topological polar surface area (TPSA) is 56.7 Å². The highest BCUT2D eigenvalue weighted by Gasteiger charge is 2.42. The number of fused-ring (bicyclic) bond motifs is 1. The molecule has 32 heavy (non-hydrogen) atoms. The van der Waals surface area contributed by atoms with Gasteiger partial charge in [0, 0.05) is 35.8 Å². The lowest BCUT2D eigenvalue weighted by Crippen LogP contribution is -2.43. The summed E-state index contributed by atoms with van der Waals surface area (Å²) >= 11 is 0. The molecule has 1 aliphatic rings. The Balaban J connectivity index is 1.81. The van der Waals surface area contributed by atoms with E-state index >= 15 is 0 Å². The van der Waals surface area contributed by atoms with Gasteiger partial charge in [0.15, 0.2) is 7.98 Å². The van der Waals surface area contributed by atoms with Crippen molar-refractivity contribution in [3.05, 3.63) is 77.5 Å². The van der Waals surface area contributed by atoms with Crippen molar-refractivity contribution in [3.8, 4) is 0 Å². The number of aromatic nitrogens is 1. The maximum Gasteiger partial charge on any atom is 0.253 e. The molecule has 3 aromatic rings. The smallest absolute Gasteiger partial charge is 0.253 e. The van der Waals surface area contributed by atoms with Gasteiger partial charge in [-0.15, -0.1) is 0 Å². The Morgan fingerprint density at radius 1 is 1.09 bits per heavy atom. The van der Waals surface area contributed by atoms with Crippen LogP contribution in [0.4, 0.5) is 0 Å². The average molecular weight is 427 g/mol. The molecule has 6 heteroatoms. The molecule has 1 N–H and O–H groups in total. The van der Waals surface area contributed by atoms with Gasteiger partial charge in [-0.3, -0.25) is 9.78 Å². The van der Waals surface area contributed by atoms with Crippen molar-refractivity contribution >= 4 is 24.8 Å². The molecule has 4 rings (SSSR count). The Hall–Kier alpha value is -2.70. The van der Waals surface area contributed by atoms with Crippen LogP contribution < -0.4 is 0 Å². The number of piperidine rings is 1. The second-order valence-electron chi connectivity index (χ2n) is 8.51. The van der Waals surface area contributed by atoms with Crippen LogP contribution in [0.3, 0.4) is 0 Å². The summed E-state index contributed by atoms with van der Waals surface area (Å²) in [5.41, 5.74) is 1.78. The molecule has 1 atom stereocenters. The molecule has 1 aromatic heterocycles. The molecule has 1 fully saturated rings. The van der Waals surface area contributed by atoms with Gasteiger partial charge in [-0.1, -0.05) is 36.4 Å². The summed E-state index contributed by atoms with van der Waals surface area (Å²) in [6.45, 7) is 6.74. The van der Waals surface area contributed by atoms with Gasteiger partial charge in [0.1, 0.15) is 5.60 Å². The average Bonchev–Trinajstić information content (AvgIpc) is 2.84. The van der Waals surface area contributed by atoms with Crippen LogP contribution >= 0.6 is 0 Å².